The average molecular weight is 355 g/mol. The number of hydrogen-bond acceptors (Lipinski definition) is 6. The van der Waals surface area contributed by atoms with Crippen LogP contribution in [0, 0.1) is 6.92 Å². The van der Waals surface area contributed by atoms with Gasteiger partial charge in [0.1, 0.15) is 16.5 Å². The Bertz CT molecular complexity index is 879. The van der Waals surface area contributed by atoms with Gasteiger partial charge in [0.15, 0.2) is 0 Å². The molecule has 128 valence electrons. The molecule has 6 nitrogen and oxygen atoms in total. The summed E-state index contributed by atoms with van der Waals surface area (Å²) in [5.74, 6) is 1.79. The van der Waals surface area contributed by atoms with Crippen molar-refractivity contribution in [3.63, 3.8) is 0 Å². The molecule has 0 bridgehead atoms. The molecule has 0 unspecified atom stereocenters. The fourth-order valence-corrected chi connectivity index (χ4v) is 3.08. The first kappa shape index (κ1) is 17.0. The molecule has 3 aromatic rings. The molecule has 7 heteroatoms. The van der Waals surface area contributed by atoms with E-state index in [0.29, 0.717) is 27.8 Å². The van der Waals surface area contributed by atoms with Gasteiger partial charge in [0.05, 0.1) is 18.4 Å². The number of hydrogen-bond donors (Lipinski definition) is 1. The lowest BCUT2D eigenvalue weighted by atomic mass is 10.2. The number of benzene rings is 1. The highest BCUT2D eigenvalue weighted by Gasteiger charge is 2.14. The number of thioether (sulfide) groups is 1. The lowest BCUT2D eigenvalue weighted by Crippen LogP contribution is -2.13. The second kappa shape index (κ2) is 7.85. The number of methoxy groups -OCH3 is 1. The number of rotatable bonds is 6. The van der Waals surface area contributed by atoms with E-state index in [1.165, 1.54) is 11.8 Å². The molecule has 0 saturated carbocycles. The van der Waals surface area contributed by atoms with Crippen molar-refractivity contribution in [1.29, 1.82) is 0 Å². The van der Waals surface area contributed by atoms with E-state index in [4.69, 9.17) is 9.26 Å². The third-order valence-electron chi connectivity index (χ3n) is 3.38. The Hall–Kier alpha value is -2.80. The Balaban J connectivity index is 1.73. The molecule has 0 spiro atoms. The Morgan fingerprint density at radius 2 is 2.16 bits per heavy atom. The topological polar surface area (TPSA) is 77.2 Å². The second-order valence-electron chi connectivity index (χ2n) is 5.26. The number of nitrogens with one attached hydrogen (secondary N) is 1. The highest BCUT2D eigenvalue weighted by Crippen LogP contribution is 2.25. The maximum absolute atomic E-state index is 12.6. The van der Waals surface area contributed by atoms with Gasteiger partial charge < -0.3 is 14.6 Å². The monoisotopic (exact) mass is 355 g/mol. The van der Waals surface area contributed by atoms with Gasteiger partial charge in [-0.1, -0.05) is 23.0 Å². The second-order valence-corrected chi connectivity index (χ2v) is 6.22. The Labute approximate surface area is 149 Å². The van der Waals surface area contributed by atoms with Crippen LogP contribution in [0.15, 0.2) is 58.2 Å². The molecule has 1 amide bonds. The standard InChI is InChI=1S/C18H17N3O3S/c1-12-9-14(21-24-12)11-25-18-16(7-4-8-19-18)17(22)20-13-5-3-6-15(10-13)23-2/h3-10H,11H2,1-2H3,(H,20,22). The summed E-state index contributed by atoms with van der Waals surface area (Å²) < 4.78 is 10.2. The van der Waals surface area contributed by atoms with E-state index in [1.54, 1.807) is 31.5 Å². The molecule has 0 fully saturated rings. The Morgan fingerprint density at radius 3 is 2.92 bits per heavy atom. The molecule has 0 aliphatic rings. The molecule has 2 heterocycles. The molecule has 1 aromatic carbocycles. The van der Waals surface area contributed by atoms with Crippen LogP contribution < -0.4 is 10.1 Å². The maximum atomic E-state index is 12.6. The lowest BCUT2D eigenvalue weighted by Gasteiger charge is -2.09. The number of aryl methyl sites for hydroxylation is 1. The third-order valence-corrected chi connectivity index (χ3v) is 4.42. The molecule has 3 rings (SSSR count). The van der Waals surface area contributed by atoms with Gasteiger partial charge in [0.25, 0.3) is 5.91 Å². The summed E-state index contributed by atoms with van der Waals surface area (Å²) in [6.07, 6.45) is 1.67. The van der Waals surface area contributed by atoms with Crippen molar-refractivity contribution in [1.82, 2.24) is 10.1 Å². The van der Waals surface area contributed by atoms with Gasteiger partial charge in [-0.25, -0.2) is 4.98 Å². The van der Waals surface area contributed by atoms with Gasteiger partial charge >= 0.3 is 0 Å². The van der Waals surface area contributed by atoms with Crippen LogP contribution in [0.2, 0.25) is 0 Å². The van der Waals surface area contributed by atoms with Crippen LogP contribution in [0.4, 0.5) is 5.69 Å². The van der Waals surface area contributed by atoms with Gasteiger partial charge in [0, 0.05) is 29.8 Å². The molecule has 25 heavy (non-hydrogen) atoms. The zero-order chi connectivity index (χ0) is 17.6. The lowest BCUT2D eigenvalue weighted by molar-refractivity contribution is 0.102. The average Bonchev–Trinajstić information content (AvgIpc) is 3.05. The van der Waals surface area contributed by atoms with Crippen LogP contribution in [0.1, 0.15) is 21.8 Å². The van der Waals surface area contributed by atoms with E-state index in [1.807, 2.05) is 31.2 Å². The van der Waals surface area contributed by atoms with Crippen molar-refractivity contribution >= 4 is 23.4 Å². The van der Waals surface area contributed by atoms with E-state index in [9.17, 15) is 4.79 Å². The molecule has 0 atom stereocenters. The number of nitrogens with zero attached hydrogens (tertiary/aromatic N) is 2. The van der Waals surface area contributed by atoms with Gasteiger partial charge in [0.2, 0.25) is 0 Å². The SMILES string of the molecule is COc1cccc(NC(=O)c2cccnc2SCc2cc(C)on2)c1. The minimum absolute atomic E-state index is 0.222. The van der Waals surface area contributed by atoms with Crippen LogP contribution in [-0.4, -0.2) is 23.2 Å². The molecule has 1 N–H and O–H groups in total. The summed E-state index contributed by atoms with van der Waals surface area (Å²) in [5.41, 5.74) is 1.99. The van der Waals surface area contributed by atoms with E-state index >= 15 is 0 Å². The van der Waals surface area contributed by atoms with Crippen LogP contribution in [-0.2, 0) is 5.75 Å². The minimum Gasteiger partial charge on any atom is -0.497 e. The van der Waals surface area contributed by atoms with E-state index in [0.717, 1.165) is 11.5 Å². The maximum Gasteiger partial charge on any atom is 0.258 e. The first-order valence-corrected chi connectivity index (χ1v) is 8.59. The number of carbonyl (C=O) groups is 1. The molecular formula is C18H17N3O3S. The van der Waals surface area contributed by atoms with Gasteiger partial charge in [-0.3, -0.25) is 4.79 Å². The number of ether oxygens (including phenoxy) is 1. The number of aromatic nitrogens is 2. The largest absolute Gasteiger partial charge is 0.497 e. The van der Waals surface area contributed by atoms with Crippen molar-refractivity contribution < 1.29 is 14.1 Å². The van der Waals surface area contributed by atoms with Gasteiger partial charge in [-0.05, 0) is 31.2 Å². The highest BCUT2D eigenvalue weighted by atomic mass is 32.2. The molecule has 0 saturated heterocycles. The van der Waals surface area contributed by atoms with Crippen LogP contribution in [0.3, 0.4) is 0 Å². The summed E-state index contributed by atoms with van der Waals surface area (Å²) in [4.78, 5) is 16.9. The predicted molar refractivity (Wildman–Crippen MR) is 96.0 cm³/mol. The van der Waals surface area contributed by atoms with Crippen LogP contribution >= 0.6 is 11.8 Å². The van der Waals surface area contributed by atoms with E-state index in [-0.39, 0.29) is 5.91 Å². The van der Waals surface area contributed by atoms with Gasteiger partial charge in [-0.2, -0.15) is 0 Å². The Morgan fingerprint density at radius 1 is 1.28 bits per heavy atom. The quantitative estimate of drug-likeness (QED) is 0.675. The molecule has 0 aliphatic carbocycles. The zero-order valence-electron chi connectivity index (χ0n) is 13.9. The predicted octanol–water partition coefficient (Wildman–Crippen LogP) is 3.93. The summed E-state index contributed by atoms with van der Waals surface area (Å²) >= 11 is 1.44. The highest BCUT2D eigenvalue weighted by molar-refractivity contribution is 7.98. The normalized spacial score (nSPS) is 10.5. The summed E-state index contributed by atoms with van der Waals surface area (Å²) in [6.45, 7) is 1.84. The van der Waals surface area contributed by atoms with Crippen molar-refractivity contribution in [3.05, 3.63) is 65.7 Å². The summed E-state index contributed by atoms with van der Waals surface area (Å²) in [7, 11) is 1.59. The zero-order valence-corrected chi connectivity index (χ0v) is 14.7. The van der Waals surface area contributed by atoms with Crippen molar-refractivity contribution in [2.24, 2.45) is 0 Å². The van der Waals surface area contributed by atoms with E-state index < -0.39 is 0 Å². The third kappa shape index (κ3) is 4.39. The van der Waals surface area contributed by atoms with Crippen LogP contribution in [0.5, 0.6) is 5.75 Å². The number of amides is 1. The molecule has 0 aliphatic heterocycles. The Kier molecular flexibility index (Phi) is 5.35. The van der Waals surface area contributed by atoms with Crippen molar-refractivity contribution in [2.45, 2.75) is 17.7 Å². The number of carbonyl (C=O) groups excluding carboxylic acids is 1. The van der Waals surface area contributed by atoms with Crippen LogP contribution in [0.25, 0.3) is 0 Å². The van der Waals surface area contributed by atoms with Crippen molar-refractivity contribution in [3.8, 4) is 5.75 Å². The number of anilines is 1. The first-order valence-electron chi connectivity index (χ1n) is 7.61. The van der Waals surface area contributed by atoms with Gasteiger partial charge in [-0.15, -0.1) is 0 Å². The van der Waals surface area contributed by atoms with E-state index in [2.05, 4.69) is 15.5 Å². The number of pyridine rings is 1. The molecule has 0 radical (unpaired) electrons. The van der Waals surface area contributed by atoms with Crippen molar-refractivity contribution in [2.75, 3.05) is 12.4 Å². The minimum atomic E-state index is -0.222. The first-order chi connectivity index (χ1) is 12.2. The summed E-state index contributed by atoms with van der Waals surface area (Å²) in [5, 5.41) is 7.47. The fourth-order valence-electron chi connectivity index (χ4n) is 2.21. The summed E-state index contributed by atoms with van der Waals surface area (Å²) in [6, 6.07) is 12.6. The molecular weight excluding hydrogens is 338 g/mol. The smallest absolute Gasteiger partial charge is 0.258 e. The fraction of sp³-hybridized carbons (Fsp3) is 0.167. The molecule has 2 aromatic heterocycles.